The van der Waals surface area contributed by atoms with Crippen LogP contribution in [0.15, 0.2) is 29.2 Å². The predicted molar refractivity (Wildman–Crippen MR) is 69.2 cm³/mol. The number of rotatable bonds is 4. The van der Waals surface area contributed by atoms with E-state index in [-0.39, 0.29) is 5.56 Å². The van der Waals surface area contributed by atoms with Crippen LogP contribution in [0.4, 0.5) is 5.82 Å². The van der Waals surface area contributed by atoms with Gasteiger partial charge in [-0.25, -0.2) is 14.9 Å². The van der Waals surface area contributed by atoms with E-state index in [2.05, 4.69) is 20.5 Å². The van der Waals surface area contributed by atoms with Gasteiger partial charge in [-0.3, -0.25) is 4.79 Å². The molecule has 7 heteroatoms. The molecule has 0 fully saturated rings. The summed E-state index contributed by atoms with van der Waals surface area (Å²) in [5, 5.41) is 18.0. The normalized spacial score (nSPS) is 10.2. The number of aromatic amines is 1. The summed E-state index contributed by atoms with van der Waals surface area (Å²) in [7, 11) is 0. The maximum atomic E-state index is 11.3. The summed E-state index contributed by atoms with van der Waals surface area (Å²) in [6.45, 7) is 2.66. The largest absolute Gasteiger partial charge is 0.477 e. The van der Waals surface area contributed by atoms with Gasteiger partial charge in [0.2, 0.25) is 0 Å². The van der Waals surface area contributed by atoms with Gasteiger partial charge in [-0.1, -0.05) is 0 Å². The molecule has 0 bridgehead atoms. The average molecular weight is 260 g/mol. The number of pyridine rings is 1. The average Bonchev–Trinajstić information content (AvgIpc) is 2.39. The standard InChI is InChI=1S/C12H12N4O3/c1-2-13-10-5-7(3-4-14-10)9-6-8(12(18)19)11(17)16-15-9/h3-6H,2H2,1H3,(H,13,14)(H,16,17)(H,18,19). The highest BCUT2D eigenvalue weighted by Gasteiger charge is 2.11. The third kappa shape index (κ3) is 2.76. The smallest absolute Gasteiger partial charge is 0.341 e. The first-order valence-electron chi connectivity index (χ1n) is 5.65. The lowest BCUT2D eigenvalue weighted by atomic mass is 10.1. The third-order valence-electron chi connectivity index (χ3n) is 2.45. The van der Waals surface area contributed by atoms with E-state index in [1.165, 1.54) is 6.07 Å². The summed E-state index contributed by atoms with van der Waals surface area (Å²) in [5.41, 5.74) is -0.0210. The molecule has 2 aromatic heterocycles. The van der Waals surface area contributed by atoms with Crippen LogP contribution >= 0.6 is 0 Å². The van der Waals surface area contributed by atoms with Crippen molar-refractivity contribution in [1.82, 2.24) is 15.2 Å². The first-order valence-corrected chi connectivity index (χ1v) is 5.65. The zero-order valence-corrected chi connectivity index (χ0v) is 10.2. The number of nitrogens with zero attached hydrogens (tertiary/aromatic N) is 2. The second-order valence-corrected chi connectivity index (χ2v) is 3.76. The highest BCUT2D eigenvalue weighted by molar-refractivity contribution is 5.88. The number of carbonyl (C=O) groups is 1. The third-order valence-corrected chi connectivity index (χ3v) is 2.45. The molecule has 7 nitrogen and oxygen atoms in total. The molecule has 98 valence electrons. The molecule has 0 atom stereocenters. The molecule has 0 spiro atoms. The molecule has 0 saturated heterocycles. The van der Waals surface area contributed by atoms with Crippen molar-refractivity contribution in [3.8, 4) is 11.3 Å². The quantitative estimate of drug-likeness (QED) is 0.755. The van der Waals surface area contributed by atoms with Gasteiger partial charge in [0.1, 0.15) is 11.4 Å². The fourth-order valence-electron chi connectivity index (χ4n) is 1.58. The molecule has 0 aliphatic rings. The van der Waals surface area contributed by atoms with Crippen molar-refractivity contribution in [1.29, 1.82) is 0 Å². The lowest BCUT2D eigenvalue weighted by Crippen LogP contribution is -2.18. The summed E-state index contributed by atoms with van der Waals surface area (Å²) in [6, 6.07) is 4.66. The molecule has 3 N–H and O–H groups in total. The van der Waals surface area contributed by atoms with E-state index in [4.69, 9.17) is 5.11 Å². The summed E-state index contributed by atoms with van der Waals surface area (Å²) in [4.78, 5) is 26.3. The Bertz CT molecular complexity index is 666. The van der Waals surface area contributed by atoms with Crippen molar-refractivity contribution in [3.63, 3.8) is 0 Å². The van der Waals surface area contributed by atoms with Crippen LogP contribution in [0.2, 0.25) is 0 Å². The maximum Gasteiger partial charge on any atom is 0.341 e. The zero-order chi connectivity index (χ0) is 13.8. The van der Waals surface area contributed by atoms with Crippen LogP contribution < -0.4 is 10.9 Å². The molecular formula is C12H12N4O3. The van der Waals surface area contributed by atoms with E-state index in [0.29, 0.717) is 17.1 Å². The molecule has 0 saturated carbocycles. The molecule has 19 heavy (non-hydrogen) atoms. The van der Waals surface area contributed by atoms with Crippen LogP contribution in [0.3, 0.4) is 0 Å². The fourth-order valence-corrected chi connectivity index (χ4v) is 1.58. The van der Waals surface area contributed by atoms with Gasteiger partial charge < -0.3 is 10.4 Å². The van der Waals surface area contributed by atoms with Gasteiger partial charge in [0, 0.05) is 18.3 Å². The van der Waals surface area contributed by atoms with Crippen molar-refractivity contribution in [2.75, 3.05) is 11.9 Å². The topological polar surface area (TPSA) is 108 Å². The lowest BCUT2D eigenvalue weighted by molar-refractivity contribution is 0.0694. The Morgan fingerprint density at radius 2 is 2.26 bits per heavy atom. The molecule has 0 aliphatic carbocycles. The van der Waals surface area contributed by atoms with Crippen molar-refractivity contribution < 1.29 is 9.90 Å². The maximum absolute atomic E-state index is 11.3. The van der Waals surface area contributed by atoms with Crippen LogP contribution in [-0.4, -0.2) is 32.8 Å². The molecule has 2 heterocycles. The lowest BCUT2D eigenvalue weighted by Gasteiger charge is -2.05. The highest BCUT2D eigenvalue weighted by atomic mass is 16.4. The summed E-state index contributed by atoms with van der Waals surface area (Å²) in [5.74, 6) is -0.629. The van der Waals surface area contributed by atoms with E-state index in [1.807, 2.05) is 6.92 Å². The van der Waals surface area contributed by atoms with Gasteiger partial charge in [-0.15, -0.1) is 0 Å². The molecule has 0 unspecified atom stereocenters. The number of anilines is 1. The van der Waals surface area contributed by atoms with Crippen LogP contribution in [0.1, 0.15) is 17.3 Å². The summed E-state index contributed by atoms with van der Waals surface area (Å²) in [6.07, 6.45) is 1.58. The van der Waals surface area contributed by atoms with Crippen molar-refractivity contribution in [3.05, 3.63) is 40.3 Å². The minimum atomic E-state index is -1.29. The molecule has 0 aromatic carbocycles. The second kappa shape index (κ2) is 5.30. The predicted octanol–water partition coefficient (Wildman–Crippen LogP) is 0.962. The van der Waals surface area contributed by atoms with Crippen molar-refractivity contribution >= 4 is 11.8 Å². The molecule has 0 aliphatic heterocycles. The van der Waals surface area contributed by atoms with E-state index >= 15 is 0 Å². The molecule has 0 amide bonds. The van der Waals surface area contributed by atoms with E-state index in [0.717, 1.165) is 6.54 Å². The number of hydrogen-bond donors (Lipinski definition) is 3. The summed E-state index contributed by atoms with van der Waals surface area (Å²) >= 11 is 0. The zero-order valence-electron chi connectivity index (χ0n) is 10.2. The number of aromatic carboxylic acids is 1. The van der Waals surface area contributed by atoms with Gasteiger partial charge in [0.25, 0.3) is 5.56 Å². The Balaban J connectivity index is 2.47. The first-order chi connectivity index (χ1) is 9.11. The Hall–Kier alpha value is -2.70. The number of H-pyrrole nitrogens is 1. The molecule has 2 aromatic rings. The van der Waals surface area contributed by atoms with Crippen molar-refractivity contribution in [2.24, 2.45) is 0 Å². The van der Waals surface area contributed by atoms with Crippen LogP contribution in [-0.2, 0) is 0 Å². The Labute approximate surface area is 108 Å². The number of carboxylic acid groups (broad SMARTS) is 1. The minimum Gasteiger partial charge on any atom is -0.477 e. The van der Waals surface area contributed by atoms with Gasteiger partial charge >= 0.3 is 5.97 Å². The van der Waals surface area contributed by atoms with E-state index < -0.39 is 11.5 Å². The van der Waals surface area contributed by atoms with Gasteiger partial charge in [0.05, 0.1) is 5.69 Å². The van der Waals surface area contributed by atoms with Crippen molar-refractivity contribution in [2.45, 2.75) is 6.92 Å². The Kier molecular flexibility index (Phi) is 3.56. The van der Waals surface area contributed by atoms with E-state index in [9.17, 15) is 9.59 Å². The minimum absolute atomic E-state index is 0.341. The number of carboxylic acids is 1. The van der Waals surface area contributed by atoms with Crippen LogP contribution in [0.5, 0.6) is 0 Å². The Morgan fingerprint density at radius 1 is 1.47 bits per heavy atom. The fraction of sp³-hybridized carbons (Fsp3) is 0.167. The monoisotopic (exact) mass is 260 g/mol. The molecule has 0 radical (unpaired) electrons. The summed E-state index contributed by atoms with van der Waals surface area (Å²) < 4.78 is 0. The molecular weight excluding hydrogens is 248 g/mol. The van der Waals surface area contributed by atoms with Gasteiger partial charge in [0.15, 0.2) is 0 Å². The van der Waals surface area contributed by atoms with Crippen LogP contribution in [0, 0.1) is 0 Å². The van der Waals surface area contributed by atoms with Gasteiger partial charge in [-0.2, -0.15) is 5.10 Å². The number of hydrogen-bond acceptors (Lipinski definition) is 5. The number of aromatic nitrogens is 3. The highest BCUT2D eigenvalue weighted by Crippen LogP contribution is 2.18. The number of nitrogens with one attached hydrogen (secondary N) is 2. The van der Waals surface area contributed by atoms with Gasteiger partial charge in [-0.05, 0) is 25.1 Å². The SMILES string of the molecule is CCNc1cc(-c2cc(C(=O)O)c(=O)[nH]n2)ccn1. The Morgan fingerprint density at radius 3 is 2.95 bits per heavy atom. The second-order valence-electron chi connectivity index (χ2n) is 3.76. The van der Waals surface area contributed by atoms with Crippen LogP contribution in [0.25, 0.3) is 11.3 Å². The first kappa shape index (κ1) is 12.7. The molecule has 2 rings (SSSR count). The van der Waals surface area contributed by atoms with E-state index in [1.54, 1.807) is 18.3 Å².